The molecule has 6 nitrogen and oxygen atoms in total. The van der Waals surface area contributed by atoms with Gasteiger partial charge in [-0.2, -0.15) is 0 Å². The summed E-state index contributed by atoms with van der Waals surface area (Å²) in [5, 5.41) is 14.2. The van der Waals surface area contributed by atoms with Crippen molar-refractivity contribution < 1.29 is 14.7 Å². The molecule has 0 aromatic rings. The molecule has 1 fully saturated rings. The van der Waals surface area contributed by atoms with Gasteiger partial charge in [-0.3, -0.25) is 4.79 Å². The molecule has 1 unspecified atom stereocenters. The Kier molecular flexibility index (Phi) is 7.25. The van der Waals surface area contributed by atoms with E-state index in [2.05, 4.69) is 15.5 Å². The number of rotatable bonds is 7. The SMILES string of the molecule is CCC(CC(=O)O)NC(=O)NCCN1CCCCC1. The number of hydrogen-bond donors (Lipinski definition) is 3. The summed E-state index contributed by atoms with van der Waals surface area (Å²) in [5.41, 5.74) is 0. The van der Waals surface area contributed by atoms with Crippen molar-refractivity contribution in [1.82, 2.24) is 15.5 Å². The van der Waals surface area contributed by atoms with Crippen LogP contribution in [0.1, 0.15) is 39.0 Å². The van der Waals surface area contributed by atoms with Crippen LogP contribution < -0.4 is 10.6 Å². The van der Waals surface area contributed by atoms with E-state index in [1.165, 1.54) is 19.3 Å². The highest BCUT2D eigenvalue weighted by atomic mass is 16.4. The van der Waals surface area contributed by atoms with Gasteiger partial charge in [0.2, 0.25) is 0 Å². The minimum atomic E-state index is -0.888. The van der Waals surface area contributed by atoms with Gasteiger partial charge in [-0.1, -0.05) is 13.3 Å². The molecule has 0 bridgehead atoms. The quantitative estimate of drug-likeness (QED) is 0.646. The lowest BCUT2D eigenvalue weighted by Crippen LogP contribution is -2.45. The van der Waals surface area contributed by atoms with Crippen LogP contribution in [-0.4, -0.2) is 54.2 Å². The summed E-state index contributed by atoms with van der Waals surface area (Å²) in [6, 6.07) is -0.572. The van der Waals surface area contributed by atoms with Gasteiger partial charge in [0.05, 0.1) is 6.42 Å². The second kappa shape index (κ2) is 8.74. The molecule has 0 aliphatic carbocycles. The molecule has 1 atom stereocenters. The molecular weight excluding hydrogens is 246 g/mol. The second-order valence-corrected chi connectivity index (χ2v) is 5.01. The molecule has 3 N–H and O–H groups in total. The predicted molar refractivity (Wildman–Crippen MR) is 73.2 cm³/mol. The van der Waals surface area contributed by atoms with Gasteiger partial charge in [0.15, 0.2) is 0 Å². The van der Waals surface area contributed by atoms with Crippen LogP contribution in [0.2, 0.25) is 0 Å². The van der Waals surface area contributed by atoms with E-state index in [-0.39, 0.29) is 18.5 Å². The van der Waals surface area contributed by atoms with Crippen LogP contribution in [0.5, 0.6) is 0 Å². The van der Waals surface area contributed by atoms with Crippen LogP contribution in [0.15, 0.2) is 0 Å². The minimum absolute atomic E-state index is 0.0317. The zero-order valence-electron chi connectivity index (χ0n) is 11.7. The Hall–Kier alpha value is -1.30. The Morgan fingerprint density at radius 2 is 1.95 bits per heavy atom. The summed E-state index contributed by atoms with van der Waals surface area (Å²) in [4.78, 5) is 24.5. The van der Waals surface area contributed by atoms with E-state index in [0.717, 1.165) is 19.6 Å². The number of carbonyl (C=O) groups excluding carboxylic acids is 1. The standard InChI is InChI=1S/C13H25N3O3/c1-2-11(10-12(17)18)15-13(19)14-6-9-16-7-4-3-5-8-16/h11H,2-10H2,1H3,(H,17,18)(H2,14,15,19). The van der Waals surface area contributed by atoms with E-state index >= 15 is 0 Å². The van der Waals surface area contributed by atoms with Gasteiger partial charge in [-0.15, -0.1) is 0 Å². The molecule has 1 heterocycles. The zero-order valence-corrected chi connectivity index (χ0v) is 11.7. The van der Waals surface area contributed by atoms with Crippen LogP contribution in [0.4, 0.5) is 4.79 Å². The molecule has 0 aromatic carbocycles. The topological polar surface area (TPSA) is 81.7 Å². The highest BCUT2D eigenvalue weighted by molar-refractivity contribution is 5.75. The average Bonchev–Trinajstić information content (AvgIpc) is 2.38. The maximum Gasteiger partial charge on any atom is 0.315 e. The molecule has 0 spiro atoms. The second-order valence-electron chi connectivity index (χ2n) is 5.01. The molecule has 1 aliphatic heterocycles. The summed E-state index contributed by atoms with van der Waals surface area (Å²) in [6.45, 7) is 5.56. The summed E-state index contributed by atoms with van der Waals surface area (Å²) >= 11 is 0. The van der Waals surface area contributed by atoms with E-state index in [4.69, 9.17) is 5.11 Å². The van der Waals surface area contributed by atoms with Gasteiger partial charge >= 0.3 is 12.0 Å². The fraction of sp³-hybridized carbons (Fsp3) is 0.846. The van der Waals surface area contributed by atoms with E-state index in [1.807, 2.05) is 6.92 Å². The summed E-state index contributed by atoms with van der Waals surface area (Å²) in [5.74, 6) is -0.888. The first-order valence-corrected chi connectivity index (χ1v) is 7.10. The van der Waals surface area contributed by atoms with Crippen LogP contribution >= 0.6 is 0 Å². The monoisotopic (exact) mass is 271 g/mol. The van der Waals surface area contributed by atoms with Crippen molar-refractivity contribution >= 4 is 12.0 Å². The predicted octanol–water partition coefficient (Wildman–Crippen LogP) is 1.02. The van der Waals surface area contributed by atoms with Crippen molar-refractivity contribution in [2.75, 3.05) is 26.2 Å². The summed E-state index contributed by atoms with van der Waals surface area (Å²) in [6.07, 6.45) is 4.37. The summed E-state index contributed by atoms with van der Waals surface area (Å²) < 4.78 is 0. The lowest BCUT2D eigenvalue weighted by molar-refractivity contribution is -0.137. The van der Waals surface area contributed by atoms with E-state index < -0.39 is 5.97 Å². The lowest BCUT2D eigenvalue weighted by Gasteiger charge is -2.26. The fourth-order valence-electron chi connectivity index (χ4n) is 2.26. The first-order valence-electron chi connectivity index (χ1n) is 7.10. The molecule has 2 amide bonds. The van der Waals surface area contributed by atoms with Crippen LogP contribution in [-0.2, 0) is 4.79 Å². The van der Waals surface area contributed by atoms with Crippen molar-refractivity contribution in [3.63, 3.8) is 0 Å². The van der Waals surface area contributed by atoms with Gasteiger partial charge in [0.25, 0.3) is 0 Å². The number of piperidine rings is 1. The van der Waals surface area contributed by atoms with Gasteiger partial charge < -0.3 is 20.6 Å². The lowest BCUT2D eigenvalue weighted by atomic mass is 10.1. The number of carboxylic acid groups (broad SMARTS) is 1. The smallest absolute Gasteiger partial charge is 0.315 e. The van der Waals surface area contributed by atoms with Crippen molar-refractivity contribution in [2.45, 2.75) is 45.1 Å². The van der Waals surface area contributed by atoms with Gasteiger partial charge in [-0.25, -0.2) is 4.79 Å². The van der Waals surface area contributed by atoms with Crippen LogP contribution in [0, 0.1) is 0 Å². The number of urea groups is 1. The first kappa shape index (κ1) is 15.8. The molecule has 0 radical (unpaired) electrons. The number of carbonyl (C=O) groups is 2. The molecule has 1 rings (SSSR count). The minimum Gasteiger partial charge on any atom is -0.481 e. The maximum absolute atomic E-state index is 11.6. The number of likely N-dealkylation sites (tertiary alicyclic amines) is 1. The largest absolute Gasteiger partial charge is 0.481 e. The molecule has 19 heavy (non-hydrogen) atoms. The molecule has 1 aliphatic rings. The van der Waals surface area contributed by atoms with Crippen molar-refractivity contribution in [2.24, 2.45) is 0 Å². The van der Waals surface area contributed by atoms with Crippen LogP contribution in [0.3, 0.4) is 0 Å². The Labute approximate surface area is 114 Å². The third-order valence-corrected chi connectivity index (χ3v) is 3.41. The molecule has 1 saturated heterocycles. The normalized spacial score (nSPS) is 17.7. The maximum atomic E-state index is 11.6. The summed E-state index contributed by atoms with van der Waals surface area (Å²) in [7, 11) is 0. The third-order valence-electron chi connectivity index (χ3n) is 3.41. The Balaban J connectivity index is 2.13. The molecule has 0 saturated carbocycles. The molecule has 110 valence electrons. The number of carboxylic acids is 1. The van der Waals surface area contributed by atoms with Crippen molar-refractivity contribution in [3.8, 4) is 0 Å². The number of nitrogens with zero attached hydrogens (tertiary/aromatic N) is 1. The third kappa shape index (κ3) is 7.00. The zero-order chi connectivity index (χ0) is 14.1. The number of nitrogens with one attached hydrogen (secondary N) is 2. The van der Waals surface area contributed by atoms with Crippen LogP contribution in [0.25, 0.3) is 0 Å². The molecular formula is C13H25N3O3. The van der Waals surface area contributed by atoms with Crippen molar-refractivity contribution in [1.29, 1.82) is 0 Å². The highest BCUT2D eigenvalue weighted by Crippen LogP contribution is 2.07. The molecule has 0 aromatic heterocycles. The first-order chi connectivity index (χ1) is 9.11. The van der Waals surface area contributed by atoms with E-state index in [1.54, 1.807) is 0 Å². The van der Waals surface area contributed by atoms with Gasteiger partial charge in [-0.05, 0) is 32.4 Å². The van der Waals surface area contributed by atoms with Gasteiger partial charge in [0, 0.05) is 19.1 Å². The van der Waals surface area contributed by atoms with E-state index in [9.17, 15) is 9.59 Å². The van der Waals surface area contributed by atoms with Crippen molar-refractivity contribution in [3.05, 3.63) is 0 Å². The fourth-order valence-corrected chi connectivity index (χ4v) is 2.26. The average molecular weight is 271 g/mol. The Morgan fingerprint density at radius 1 is 1.26 bits per heavy atom. The van der Waals surface area contributed by atoms with Gasteiger partial charge in [0.1, 0.15) is 0 Å². The number of amides is 2. The molecule has 6 heteroatoms. The highest BCUT2D eigenvalue weighted by Gasteiger charge is 2.14. The number of hydrogen-bond acceptors (Lipinski definition) is 3. The Bertz CT molecular complexity index is 291. The number of aliphatic carboxylic acids is 1. The Morgan fingerprint density at radius 3 is 2.53 bits per heavy atom. The van der Waals surface area contributed by atoms with E-state index in [0.29, 0.717) is 13.0 Å².